The summed E-state index contributed by atoms with van der Waals surface area (Å²) >= 11 is 0. The lowest BCUT2D eigenvalue weighted by Gasteiger charge is -2.25. The molecule has 1 aliphatic carbocycles. The van der Waals surface area contributed by atoms with Crippen molar-refractivity contribution < 1.29 is 9.90 Å². The van der Waals surface area contributed by atoms with Crippen molar-refractivity contribution >= 4 is 6.09 Å². The highest BCUT2D eigenvalue weighted by atomic mass is 16.4. The van der Waals surface area contributed by atoms with Gasteiger partial charge >= 0.3 is 6.09 Å². The number of amides is 1. The molecule has 0 aromatic carbocycles. The zero-order valence-electron chi connectivity index (χ0n) is 7.97. The van der Waals surface area contributed by atoms with Crippen LogP contribution in [0.4, 0.5) is 4.79 Å². The van der Waals surface area contributed by atoms with Gasteiger partial charge in [0.2, 0.25) is 0 Å². The fourth-order valence-corrected chi connectivity index (χ4v) is 1.78. The number of hydrogen-bond acceptors (Lipinski definition) is 2. The van der Waals surface area contributed by atoms with Gasteiger partial charge < -0.3 is 10.0 Å². The van der Waals surface area contributed by atoms with E-state index in [9.17, 15) is 4.79 Å². The number of pyridine rings is 1. The van der Waals surface area contributed by atoms with Gasteiger partial charge in [-0.25, -0.2) is 4.79 Å². The number of hydrogen-bond donors (Lipinski definition) is 1. The maximum absolute atomic E-state index is 10.9. The van der Waals surface area contributed by atoms with Crippen molar-refractivity contribution in [2.45, 2.75) is 18.4 Å². The molecule has 1 amide bonds. The molecule has 4 nitrogen and oxygen atoms in total. The molecule has 74 valence electrons. The van der Waals surface area contributed by atoms with Crippen molar-refractivity contribution in [1.82, 2.24) is 9.88 Å². The van der Waals surface area contributed by atoms with Crippen LogP contribution in [0.15, 0.2) is 24.5 Å². The summed E-state index contributed by atoms with van der Waals surface area (Å²) in [5.41, 5.74) is 0.756. The van der Waals surface area contributed by atoms with Gasteiger partial charge in [-0.05, 0) is 30.5 Å². The Bertz CT molecular complexity index is 346. The molecule has 1 saturated carbocycles. The van der Waals surface area contributed by atoms with Crippen LogP contribution in [-0.2, 0) is 5.54 Å². The number of aromatic nitrogens is 1. The Kier molecular flexibility index (Phi) is 1.91. The Morgan fingerprint density at radius 3 is 2.50 bits per heavy atom. The first-order valence-corrected chi connectivity index (χ1v) is 4.54. The van der Waals surface area contributed by atoms with Gasteiger partial charge in [0.05, 0.1) is 5.54 Å². The summed E-state index contributed by atoms with van der Waals surface area (Å²) in [6.07, 6.45) is 4.33. The first kappa shape index (κ1) is 8.99. The average molecular weight is 192 g/mol. The predicted octanol–water partition coefficient (Wildman–Crippen LogP) is 1.68. The van der Waals surface area contributed by atoms with Gasteiger partial charge in [0.25, 0.3) is 0 Å². The van der Waals surface area contributed by atoms with Gasteiger partial charge in [0.15, 0.2) is 0 Å². The Morgan fingerprint density at radius 2 is 2.07 bits per heavy atom. The lowest BCUT2D eigenvalue weighted by molar-refractivity contribution is 0.132. The highest BCUT2D eigenvalue weighted by Gasteiger charge is 2.50. The topological polar surface area (TPSA) is 53.4 Å². The van der Waals surface area contributed by atoms with Crippen LogP contribution in [0.5, 0.6) is 0 Å². The molecule has 4 heteroatoms. The minimum atomic E-state index is -0.876. The van der Waals surface area contributed by atoms with Crippen LogP contribution in [0.3, 0.4) is 0 Å². The van der Waals surface area contributed by atoms with E-state index in [1.807, 2.05) is 12.1 Å². The number of nitrogens with zero attached hydrogens (tertiary/aromatic N) is 2. The fraction of sp³-hybridized carbons (Fsp3) is 0.400. The summed E-state index contributed by atoms with van der Waals surface area (Å²) in [4.78, 5) is 16.2. The molecule has 1 aromatic heterocycles. The lowest BCUT2D eigenvalue weighted by Crippen LogP contribution is -2.35. The van der Waals surface area contributed by atoms with Crippen LogP contribution in [0.25, 0.3) is 0 Å². The minimum Gasteiger partial charge on any atom is -0.465 e. The first-order valence-electron chi connectivity index (χ1n) is 4.54. The van der Waals surface area contributed by atoms with Crippen molar-refractivity contribution in [3.8, 4) is 0 Å². The van der Waals surface area contributed by atoms with Crippen molar-refractivity contribution in [2.75, 3.05) is 7.05 Å². The van der Waals surface area contributed by atoms with E-state index in [1.54, 1.807) is 19.4 Å². The van der Waals surface area contributed by atoms with Crippen LogP contribution in [-0.4, -0.2) is 28.1 Å². The second-order valence-electron chi connectivity index (χ2n) is 3.61. The van der Waals surface area contributed by atoms with Gasteiger partial charge in [-0.1, -0.05) is 0 Å². The lowest BCUT2D eigenvalue weighted by atomic mass is 10.1. The van der Waals surface area contributed by atoms with Crippen molar-refractivity contribution in [1.29, 1.82) is 0 Å². The minimum absolute atomic E-state index is 0.283. The maximum atomic E-state index is 10.9. The monoisotopic (exact) mass is 192 g/mol. The Balaban J connectivity index is 2.30. The molecule has 1 aromatic rings. The third-order valence-corrected chi connectivity index (χ3v) is 2.87. The molecule has 1 heterocycles. The Hall–Kier alpha value is -1.58. The predicted molar refractivity (Wildman–Crippen MR) is 50.9 cm³/mol. The third kappa shape index (κ3) is 1.23. The zero-order valence-corrected chi connectivity index (χ0v) is 7.97. The van der Waals surface area contributed by atoms with Gasteiger partial charge in [-0.2, -0.15) is 0 Å². The summed E-state index contributed by atoms with van der Waals surface area (Å²) < 4.78 is 0. The average Bonchev–Trinajstić information content (AvgIpc) is 2.99. The highest BCUT2D eigenvalue weighted by molar-refractivity contribution is 5.67. The SMILES string of the molecule is CN(C(=O)O)C1(c2ccncc2)CC1. The summed E-state index contributed by atoms with van der Waals surface area (Å²) in [5.74, 6) is 0. The molecule has 0 unspecified atom stereocenters. The number of carboxylic acid groups (broad SMARTS) is 1. The van der Waals surface area contributed by atoms with E-state index in [1.165, 1.54) is 4.90 Å². The normalized spacial score (nSPS) is 17.5. The van der Waals surface area contributed by atoms with Crippen LogP contribution >= 0.6 is 0 Å². The van der Waals surface area contributed by atoms with Crippen LogP contribution in [0, 0.1) is 0 Å². The number of rotatable bonds is 2. The van der Waals surface area contributed by atoms with E-state index < -0.39 is 6.09 Å². The summed E-state index contributed by atoms with van der Waals surface area (Å²) in [6, 6.07) is 3.76. The molecule has 0 spiro atoms. The largest absolute Gasteiger partial charge is 0.465 e. The Morgan fingerprint density at radius 1 is 1.50 bits per heavy atom. The van der Waals surface area contributed by atoms with Gasteiger partial charge in [-0.3, -0.25) is 4.98 Å². The van der Waals surface area contributed by atoms with E-state index in [0.29, 0.717) is 0 Å². The van der Waals surface area contributed by atoms with Crippen molar-refractivity contribution in [2.24, 2.45) is 0 Å². The van der Waals surface area contributed by atoms with E-state index in [-0.39, 0.29) is 5.54 Å². The molecule has 0 saturated heterocycles. The van der Waals surface area contributed by atoms with E-state index in [4.69, 9.17) is 5.11 Å². The molecule has 1 fully saturated rings. The molecular weight excluding hydrogens is 180 g/mol. The molecular formula is C10H12N2O2. The van der Waals surface area contributed by atoms with E-state index in [0.717, 1.165) is 18.4 Å². The van der Waals surface area contributed by atoms with E-state index in [2.05, 4.69) is 4.98 Å². The summed E-state index contributed by atoms with van der Waals surface area (Å²) in [5, 5.41) is 8.93. The summed E-state index contributed by atoms with van der Waals surface area (Å²) in [6.45, 7) is 0. The molecule has 2 rings (SSSR count). The fourth-order valence-electron chi connectivity index (χ4n) is 1.78. The van der Waals surface area contributed by atoms with Gasteiger partial charge in [0.1, 0.15) is 0 Å². The van der Waals surface area contributed by atoms with Crippen molar-refractivity contribution in [3.05, 3.63) is 30.1 Å². The van der Waals surface area contributed by atoms with Crippen LogP contribution in [0.2, 0.25) is 0 Å². The molecule has 1 aliphatic rings. The first-order chi connectivity index (χ1) is 6.67. The maximum Gasteiger partial charge on any atom is 0.407 e. The highest BCUT2D eigenvalue weighted by Crippen LogP contribution is 2.50. The van der Waals surface area contributed by atoms with E-state index >= 15 is 0 Å². The molecule has 14 heavy (non-hydrogen) atoms. The van der Waals surface area contributed by atoms with Crippen LogP contribution < -0.4 is 0 Å². The molecule has 0 bridgehead atoms. The number of carbonyl (C=O) groups is 1. The quantitative estimate of drug-likeness (QED) is 0.775. The van der Waals surface area contributed by atoms with Gasteiger partial charge in [-0.15, -0.1) is 0 Å². The third-order valence-electron chi connectivity index (χ3n) is 2.87. The standard InChI is InChI=1S/C10H12N2O2/c1-12(9(13)14)10(4-5-10)8-2-6-11-7-3-8/h2-3,6-7H,4-5H2,1H3,(H,13,14). The zero-order chi connectivity index (χ0) is 10.2. The molecule has 0 aliphatic heterocycles. The smallest absolute Gasteiger partial charge is 0.407 e. The van der Waals surface area contributed by atoms with Crippen molar-refractivity contribution in [3.63, 3.8) is 0 Å². The Labute approximate surface area is 82.2 Å². The molecule has 1 N–H and O–H groups in total. The second kappa shape index (κ2) is 2.97. The second-order valence-corrected chi connectivity index (χ2v) is 3.61. The van der Waals surface area contributed by atoms with Gasteiger partial charge in [0, 0.05) is 19.4 Å². The van der Waals surface area contributed by atoms with Crippen LogP contribution in [0.1, 0.15) is 18.4 Å². The summed E-state index contributed by atoms with van der Waals surface area (Å²) in [7, 11) is 1.62. The molecule has 0 radical (unpaired) electrons. The molecule has 0 atom stereocenters.